The fourth-order valence-electron chi connectivity index (χ4n) is 2.26. The third-order valence-electron chi connectivity index (χ3n) is 3.12. The molecular weight excluding hydrogens is 290 g/mol. The number of rotatable bonds is 4. The van der Waals surface area contributed by atoms with E-state index in [-0.39, 0.29) is 11.8 Å². The molecule has 1 atom stereocenters. The lowest BCUT2D eigenvalue weighted by Gasteiger charge is -2.21. The Balaban J connectivity index is 1.88. The second-order valence-electron chi connectivity index (χ2n) is 6.16. The molecule has 2 heterocycles. The predicted molar refractivity (Wildman–Crippen MR) is 81.5 cm³/mol. The maximum absolute atomic E-state index is 11.7. The summed E-state index contributed by atoms with van der Waals surface area (Å²) in [6.07, 6.45) is 3.68. The van der Waals surface area contributed by atoms with Gasteiger partial charge in [-0.3, -0.25) is 4.90 Å². The van der Waals surface area contributed by atoms with Crippen LogP contribution in [0, 0.1) is 0 Å². The zero-order chi connectivity index (χ0) is 15.5. The first-order valence-electron chi connectivity index (χ1n) is 7.09. The number of likely N-dealkylation sites (tertiary alicyclic amines) is 1. The lowest BCUT2D eigenvalue weighted by Crippen LogP contribution is -2.42. The van der Waals surface area contributed by atoms with E-state index in [9.17, 15) is 4.79 Å². The quantitative estimate of drug-likeness (QED) is 0.925. The van der Waals surface area contributed by atoms with E-state index in [1.54, 1.807) is 13.3 Å². The minimum atomic E-state index is -0.473. The van der Waals surface area contributed by atoms with Crippen LogP contribution < -0.4 is 10.1 Å². The summed E-state index contributed by atoms with van der Waals surface area (Å²) in [6.45, 7) is 7.51. The highest BCUT2D eigenvalue weighted by Gasteiger charge is 2.25. The van der Waals surface area contributed by atoms with Gasteiger partial charge in [0.15, 0.2) is 0 Å². The fraction of sp³-hybridized carbons (Fsp3) is 0.714. The molecule has 118 valence electrons. The van der Waals surface area contributed by atoms with Crippen molar-refractivity contribution >= 4 is 17.4 Å². The molecular formula is C14H23N3O3S. The molecule has 2 rings (SSSR count). The molecule has 1 unspecified atom stereocenters. The molecule has 7 heteroatoms. The van der Waals surface area contributed by atoms with Crippen molar-refractivity contribution in [2.75, 3.05) is 13.7 Å². The first-order valence-corrected chi connectivity index (χ1v) is 7.90. The molecule has 0 spiro atoms. The minimum absolute atomic E-state index is 0.181. The molecule has 0 radical (unpaired) electrons. The number of carbonyl (C=O) groups is 1. The third-order valence-corrected chi connectivity index (χ3v) is 3.98. The van der Waals surface area contributed by atoms with E-state index < -0.39 is 6.09 Å². The van der Waals surface area contributed by atoms with Gasteiger partial charge in [-0.2, -0.15) is 0 Å². The molecule has 0 saturated carbocycles. The van der Waals surface area contributed by atoms with Crippen molar-refractivity contribution in [2.24, 2.45) is 0 Å². The first-order chi connectivity index (χ1) is 9.87. The lowest BCUT2D eigenvalue weighted by molar-refractivity contribution is -0.00768. The number of hydrogen-bond acceptors (Lipinski definition) is 6. The molecule has 1 amide bonds. The van der Waals surface area contributed by atoms with Crippen LogP contribution in [-0.4, -0.2) is 41.4 Å². The Bertz CT molecular complexity index is 484. The van der Waals surface area contributed by atoms with Crippen molar-refractivity contribution in [3.8, 4) is 5.19 Å². The summed E-state index contributed by atoms with van der Waals surface area (Å²) in [5.41, 5.74) is -0.321. The summed E-state index contributed by atoms with van der Waals surface area (Å²) in [4.78, 5) is 19.2. The Labute approximate surface area is 129 Å². The molecule has 1 aromatic heterocycles. The Kier molecular flexibility index (Phi) is 5.18. The number of thiazole rings is 1. The highest BCUT2D eigenvalue weighted by molar-refractivity contribution is 7.13. The molecule has 1 aliphatic heterocycles. The summed E-state index contributed by atoms with van der Waals surface area (Å²) in [6, 6.07) is 0. The highest BCUT2D eigenvalue weighted by Crippen LogP contribution is 2.26. The third kappa shape index (κ3) is 4.94. The minimum Gasteiger partial charge on any atom is -0.381 e. The number of methoxy groups -OCH3 is 1. The van der Waals surface area contributed by atoms with E-state index in [1.165, 1.54) is 11.3 Å². The Morgan fingerprint density at radius 1 is 1.57 bits per heavy atom. The van der Waals surface area contributed by atoms with Gasteiger partial charge in [0.1, 0.15) is 6.23 Å². The van der Waals surface area contributed by atoms with Gasteiger partial charge in [0.05, 0.1) is 0 Å². The Morgan fingerprint density at radius 3 is 3.00 bits per heavy atom. The fourth-order valence-corrected chi connectivity index (χ4v) is 3.05. The Morgan fingerprint density at radius 2 is 2.33 bits per heavy atom. The van der Waals surface area contributed by atoms with Crippen molar-refractivity contribution in [1.82, 2.24) is 15.2 Å². The molecule has 0 bridgehead atoms. The largest absolute Gasteiger partial charge is 0.414 e. The number of hydrogen-bond donors (Lipinski definition) is 1. The summed E-state index contributed by atoms with van der Waals surface area (Å²) in [7, 11) is 1.74. The van der Waals surface area contributed by atoms with Crippen molar-refractivity contribution in [3.63, 3.8) is 0 Å². The van der Waals surface area contributed by atoms with Crippen LogP contribution in [0.5, 0.6) is 5.19 Å². The van der Waals surface area contributed by atoms with E-state index >= 15 is 0 Å². The number of ether oxygens (including phenoxy) is 2. The highest BCUT2D eigenvalue weighted by atomic mass is 32.1. The van der Waals surface area contributed by atoms with Gasteiger partial charge < -0.3 is 14.8 Å². The van der Waals surface area contributed by atoms with Gasteiger partial charge in [-0.1, -0.05) is 11.3 Å². The van der Waals surface area contributed by atoms with Crippen LogP contribution in [0.4, 0.5) is 4.79 Å². The lowest BCUT2D eigenvalue weighted by atomic mass is 10.1. The average molecular weight is 313 g/mol. The Hall–Kier alpha value is -1.18. The number of carbonyl (C=O) groups excluding carboxylic acids is 1. The van der Waals surface area contributed by atoms with Crippen LogP contribution >= 0.6 is 11.3 Å². The SMILES string of the molecule is COC1CCCN1Cc1cnc(OC(=O)NC(C)(C)C)s1. The van der Waals surface area contributed by atoms with E-state index in [2.05, 4.69) is 15.2 Å². The second-order valence-corrected chi connectivity index (χ2v) is 7.24. The molecule has 0 aromatic carbocycles. The van der Waals surface area contributed by atoms with Crippen LogP contribution in [0.15, 0.2) is 6.20 Å². The summed E-state index contributed by atoms with van der Waals surface area (Å²) in [5.74, 6) is 0. The summed E-state index contributed by atoms with van der Waals surface area (Å²) < 4.78 is 10.6. The maximum Gasteiger partial charge on any atom is 0.414 e. The molecule has 1 aromatic rings. The van der Waals surface area contributed by atoms with Crippen LogP contribution in [-0.2, 0) is 11.3 Å². The normalized spacial score (nSPS) is 19.7. The van der Waals surface area contributed by atoms with Crippen molar-refractivity contribution in [3.05, 3.63) is 11.1 Å². The van der Waals surface area contributed by atoms with Crippen LogP contribution in [0.3, 0.4) is 0 Å². The van der Waals surface area contributed by atoms with Gasteiger partial charge in [0.25, 0.3) is 5.19 Å². The second kappa shape index (κ2) is 6.72. The average Bonchev–Trinajstić information content (AvgIpc) is 2.96. The van der Waals surface area contributed by atoms with Crippen LogP contribution in [0.2, 0.25) is 0 Å². The number of amides is 1. The monoisotopic (exact) mass is 313 g/mol. The topological polar surface area (TPSA) is 63.7 Å². The molecule has 21 heavy (non-hydrogen) atoms. The van der Waals surface area contributed by atoms with Gasteiger partial charge in [-0.25, -0.2) is 9.78 Å². The molecule has 1 fully saturated rings. The molecule has 1 saturated heterocycles. The molecule has 0 aliphatic carbocycles. The zero-order valence-corrected chi connectivity index (χ0v) is 13.8. The van der Waals surface area contributed by atoms with Crippen molar-refractivity contribution in [1.29, 1.82) is 0 Å². The van der Waals surface area contributed by atoms with E-state index in [1.807, 2.05) is 20.8 Å². The number of aromatic nitrogens is 1. The molecule has 6 nitrogen and oxygen atoms in total. The van der Waals surface area contributed by atoms with Crippen LogP contribution in [0.25, 0.3) is 0 Å². The molecule has 1 N–H and O–H groups in total. The van der Waals surface area contributed by atoms with Crippen LogP contribution in [0.1, 0.15) is 38.5 Å². The van der Waals surface area contributed by atoms with Gasteiger partial charge in [0.2, 0.25) is 0 Å². The molecule has 1 aliphatic rings. The van der Waals surface area contributed by atoms with Crippen molar-refractivity contribution < 1.29 is 14.3 Å². The van der Waals surface area contributed by atoms with Crippen molar-refractivity contribution in [2.45, 2.75) is 51.9 Å². The standard InChI is InChI=1S/C14H23N3O3S/c1-14(2,3)16-12(18)20-13-15-8-10(21-13)9-17-7-5-6-11(17)19-4/h8,11H,5-7,9H2,1-4H3,(H,16,18). The van der Waals surface area contributed by atoms with E-state index in [4.69, 9.17) is 9.47 Å². The van der Waals surface area contributed by atoms with Gasteiger partial charge >= 0.3 is 6.09 Å². The smallest absolute Gasteiger partial charge is 0.381 e. The zero-order valence-electron chi connectivity index (χ0n) is 13.0. The first kappa shape index (κ1) is 16.2. The van der Waals surface area contributed by atoms with Gasteiger partial charge in [0, 0.05) is 36.8 Å². The summed E-state index contributed by atoms with van der Waals surface area (Å²) >= 11 is 1.40. The number of nitrogens with zero attached hydrogens (tertiary/aromatic N) is 2. The van der Waals surface area contributed by atoms with Gasteiger partial charge in [-0.15, -0.1) is 0 Å². The number of nitrogens with one attached hydrogen (secondary N) is 1. The predicted octanol–water partition coefficient (Wildman–Crippen LogP) is 2.60. The van der Waals surface area contributed by atoms with Gasteiger partial charge in [-0.05, 0) is 33.6 Å². The van der Waals surface area contributed by atoms with E-state index in [0.717, 1.165) is 30.8 Å². The summed E-state index contributed by atoms with van der Waals surface area (Å²) in [5, 5.41) is 3.12. The van der Waals surface area contributed by atoms with E-state index in [0.29, 0.717) is 5.19 Å². The maximum atomic E-state index is 11.7.